The number of aryl methyl sites for hydroxylation is 1. The fraction of sp³-hybridized carbons (Fsp3) is 0.600. The van der Waals surface area contributed by atoms with Crippen LogP contribution in [0.25, 0.3) is 0 Å². The zero-order valence-electron chi connectivity index (χ0n) is 11.9. The highest BCUT2D eigenvalue weighted by atomic mass is 16.1. The Morgan fingerprint density at radius 2 is 2.37 bits per heavy atom. The van der Waals surface area contributed by atoms with Gasteiger partial charge in [-0.25, -0.2) is 4.98 Å². The molecule has 1 aliphatic rings. The van der Waals surface area contributed by atoms with Crippen LogP contribution in [0.5, 0.6) is 0 Å². The summed E-state index contributed by atoms with van der Waals surface area (Å²) < 4.78 is 2.04. The van der Waals surface area contributed by atoms with Crippen molar-refractivity contribution in [2.24, 2.45) is 0 Å². The monoisotopic (exact) mass is 261 g/mol. The van der Waals surface area contributed by atoms with Crippen molar-refractivity contribution < 1.29 is 4.79 Å². The van der Waals surface area contributed by atoms with Gasteiger partial charge in [-0.05, 0) is 39.5 Å². The van der Waals surface area contributed by atoms with Crippen molar-refractivity contribution >= 4 is 5.91 Å². The second-order valence-electron chi connectivity index (χ2n) is 5.32. The molecule has 0 saturated heterocycles. The van der Waals surface area contributed by atoms with E-state index in [1.807, 2.05) is 24.6 Å². The first-order valence-electron chi connectivity index (χ1n) is 7.11. The minimum Gasteiger partial charge on any atom is -0.352 e. The summed E-state index contributed by atoms with van der Waals surface area (Å²) in [5.74, 6) is 1.07. The Labute approximate surface area is 114 Å². The minimum atomic E-state index is 0.118. The molecule has 1 aliphatic carbocycles. The third kappa shape index (κ3) is 3.94. The van der Waals surface area contributed by atoms with Gasteiger partial charge in [0.05, 0.1) is 0 Å². The number of nitrogens with zero attached hydrogens (tertiary/aromatic N) is 2. The average molecular weight is 261 g/mol. The second kappa shape index (κ2) is 6.55. The molecule has 0 aliphatic heterocycles. The Kier molecular flexibility index (Phi) is 4.77. The van der Waals surface area contributed by atoms with Gasteiger partial charge >= 0.3 is 0 Å². The zero-order valence-corrected chi connectivity index (χ0v) is 11.9. The maximum atomic E-state index is 11.9. The number of rotatable bonds is 5. The Hall–Kier alpha value is -1.58. The number of allylic oxidation sites excluding steroid dienone is 1. The molecule has 4 heteroatoms. The summed E-state index contributed by atoms with van der Waals surface area (Å²) in [5.41, 5.74) is 1.38. The van der Waals surface area contributed by atoms with E-state index in [1.165, 1.54) is 18.4 Å². The molecule has 0 spiro atoms. The predicted molar refractivity (Wildman–Crippen MR) is 75.9 cm³/mol. The van der Waals surface area contributed by atoms with Gasteiger partial charge in [0, 0.05) is 31.4 Å². The Morgan fingerprint density at radius 1 is 1.53 bits per heavy atom. The lowest BCUT2D eigenvalue weighted by Gasteiger charge is -2.16. The Bertz CT molecular complexity index is 462. The van der Waals surface area contributed by atoms with E-state index in [0.29, 0.717) is 13.0 Å². The van der Waals surface area contributed by atoms with Gasteiger partial charge in [0.1, 0.15) is 5.82 Å². The molecule has 0 bridgehead atoms. The molecular formula is C15H23N3O. The number of imidazole rings is 1. The van der Waals surface area contributed by atoms with Crippen LogP contribution in [0.3, 0.4) is 0 Å². The van der Waals surface area contributed by atoms with Crippen molar-refractivity contribution in [3.63, 3.8) is 0 Å². The quantitative estimate of drug-likeness (QED) is 0.828. The van der Waals surface area contributed by atoms with Crippen LogP contribution in [0.2, 0.25) is 0 Å². The molecule has 0 saturated carbocycles. The standard InChI is InChI=1S/C15H23N3O/c1-12(18-9-8-16-13(18)2)10-15(19)17-11-14-6-4-3-5-7-14/h6,8-9,12H,3-5,7,10-11H2,1-2H3,(H,17,19)/t12-/m0/s1. The Morgan fingerprint density at radius 3 is 3.00 bits per heavy atom. The first kappa shape index (κ1) is 13.8. The zero-order chi connectivity index (χ0) is 13.7. The molecule has 19 heavy (non-hydrogen) atoms. The van der Waals surface area contributed by atoms with Crippen molar-refractivity contribution in [3.05, 3.63) is 29.9 Å². The summed E-state index contributed by atoms with van der Waals surface area (Å²) in [6.07, 6.45) is 11.3. The van der Waals surface area contributed by atoms with Gasteiger partial charge in [-0.1, -0.05) is 11.6 Å². The smallest absolute Gasteiger partial charge is 0.222 e. The second-order valence-corrected chi connectivity index (χ2v) is 5.32. The van der Waals surface area contributed by atoms with Gasteiger partial charge in [0.2, 0.25) is 5.91 Å². The highest BCUT2D eigenvalue weighted by Gasteiger charge is 2.12. The number of carbonyl (C=O) groups is 1. The third-order valence-corrected chi connectivity index (χ3v) is 3.72. The highest BCUT2D eigenvalue weighted by Crippen LogP contribution is 2.17. The molecule has 1 aromatic heterocycles. The summed E-state index contributed by atoms with van der Waals surface area (Å²) in [4.78, 5) is 16.1. The number of carbonyl (C=O) groups excluding carboxylic acids is 1. The van der Waals surface area contributed by atoms with E-state index < -0.39 is 0 Å². The Balaban J connectivity index is 1.78. The van der Waals surface area contributed by atoms with Crippen molar-refractivity contribution in [2.45, 2.75) is 52.0 Å². The molecule has 0 aromatic carbocycles. The van der Waals surface area contributed by atoms with Gasteiger partial charge in [0.15, 0.2) is 0 Å². The largest absolute Gasteiger partial charge is 0.352 e. The molecule has 1 amide bonds. The SMILES string of the molecule is Cc1nccn1[C@@H](C)CC(=O)NCC1=CCCCC1. The van der Waals surface area contributed by atoms with Crippen molar-refractivity contribution in [3.8, 4) is 0 Å². The van der Waals surface area contributed by atoms with Crippen LogP contribution in [0, 0.1) is 6.92 Å². The number of nitrogens with one attached hydrogen (secondary N) is 1. The summed E-state index contributed by atoms with van der Waals surface area (Å²) in [6.45, 7) is 4.73. The van der Waals surface area contributed by atoms with Crippen LogP contribution in [-0.2, 0) is 4.79 Å². The van der Waals surface area contributed by atoms with Gasteiger partial charge < -0.3 is 9.88 Å². The fourth-order valence-corrected chi connectivity index (χ4v) is 2.57. The summed E-state index contributed by atoms with van der Waals surface area (Å²) in [5, 5.41) is 3.02. The predicted octanol–water partition coefficient (Wildman–Crippen LogP) is 2.76. The maximum Gasteiger partial charge on any atom is 0.222 e. The molecule has 1 heterocycles. The number of hydrogen-bond acceptors (Lipinski definition) is 2. The van der Waals surface area contributed by atoms with Gasteiger partial charge in [-0.15, -0.1) is 0 Å². The maximum absolute atomic E-state index is 11.9. The van der Waals surface area contributed by atoms with Crippen LogP contribution in [0.1, 0.15) is 50.9 Å². The van der Waals surface area contributed by atoms with Crippen LogP contribution in [0.4, 0.5) is 0 Å². The van der Waals surface area contributed by atoms with Crippen molar-refractivity contribution in [1.82, 2.24) is 14.9 Å². The molecule has 0 fully saturated rings. The number of aromatic nitrogens is 2. The van der Waals surface area contributed by atoms with E-state index in [-0.39, 0.29) is 11.9 Å². The molecule has 2 rings (SSSR count). The van der Waals surface area contributed by atoms with E-state index in [9.17, 15) is 4.79 Å². The summed E-state index contributed by atoms with van der Waals surface area (Å²) in [7, 11) is 0. The van der Waals surface area contributed by atoms with E-state index in [4.69, 9.17) is 0 Å². The molecule has 1 aromatic rings. The van der Waals surface area contributed by atoms with Gasteiger partial charge in [-0.2, -0.15) is 0 Å². The number of amides is 1. The lowest BCUT2D eigenvalue weighted by molar-refractivity contribution is -0.121. The highest BCUT2D eigenvalue weighted by molar-refractivity contribution is 5.76. The van der Waals surface area contributed by atoms with Crippen molar-refractivity contribution in [2.75, 3.05) is 6.54 Å². The van der Waals surface area contributed by atoms with Crippen LogP contribution in [-0.4, -0.2) is 22.0 Å². The molecule has 4 nitrogen and oxygen atoms in total. The van der Waals surface area contributed by atoms with Crippen molar-refractivity contribution in [1.29, 1.82) is 0 Å². The minimum absolute atomic E-state index is 0.118. The molecule has 104 valence electrons. The lowest BCUT2D eigenvalue weighted by Crippen LogP contribution is -2.28. The van der Waals surface area contributed by atoms with Gasteiger partial charge in [-0.3, -0.25) is 4.79 Å². The van der Waals surface area contributed by atoms with E-state index >= 15 is 0 Å². The first-order chi connectivity index (χ1) is 9.16. The summed E-state index contributed by atoms with van der Waals surface area (Å²) >= 11 is 0. The molecular weight excluding hydrogens is 238 g/mol. The fourth-order valence-electron chi connectivity index (χ4n) is 2.57. The molecule has 1 N–H and O–H groups in total. The normalized spacial score (nSPS) is 16.8. The topological polar surface area (TPSA) is 46.9 Å². The van der Waals surface area contributed by atoms with E-state index in [0.717, 1.165) is 18.7 Å². The van der Waals surface area contributed by atoms with Crippen LogP contribution >= 0.6 is 0 Å². The number of hydrogen-bond donors (Lipinski definition) is 1. The first-order valence-corrected chi connectivity index (χ1v) is 7.11. The van der Waals surface area contributed by atoms with Gasteiger partial charge in [0.25, 0.3) is 0 Å². The third-order valence-electron chi connectivity index (χ3n) is 3.72. The van der Waals surface area contributed by atoms with Crippen LogP contribution in [0.15, 0.2) is 24.0 Å². The molecule has 1 atom stereocenters. The van der Waals surface area contributed by atoms with Crippen LogP contribution < -0.4 is 5.32 Å². The van der Waals surface area contributed by atoms with E-state index in [2.05, 4.69) is 16.4 Å². The lowest BCUT2D eigenvalue weighted by atomic mass is 10.00. The average Bonchev–Trinajstić information content (AvgIpc) is 2.84. The molecule has 0 unspecified atom stereocenters. The summed E-state index contributed by atoms with van der Waals surface area (Å²) in [6, 6.07) is 0.155. The van der Waals surface area contributed by atoms with E-state index in [1.54, 1.807) is 6.20 Å². The molecule has 0 radical (unpaired) electrons.